The van der Waals surface area contributed by atoms with E-state index in [1.165, 1.54) is 4.88 Å². The second-order valence-corrected chi connectivity index (χ2v) is 4.61. The summed E-state index contributed by atoms with van der Waals surface area (Å²) in [6, 6.07) is 4.06. The number of hydrogen-bond donors (Lipinski definition) is 1. The third kappa shape index (κ3) is 3.66. The molecule has 0 saturated carbocycles. The van der Waals surface area contributed by atoms with Gasteiger partial charge in [-0.25, -0.2) is 0 Å². The van der Waals surface area contributed by atoms with Crippen LogP contribution in [-0.2, 0) is 13.1 Å². The number of nitriles is 1. The smallest absolute Gasteiger partial charge is 0.100 e. The van der Waals surface area contributed by atoms with Gasteiger partial charge >= 0.3 is 0 Å². The predicted octanol–water partition coefficient (Wildman–Crippen LogP) is 1.39. The molecular weight excluding hydrogens is 234 g/mol. The highest BCUT2D eigenvalue weighted by molar-refractivity contribution is 7.10. The Labute approximate surface area is 104 Å². The zero-order valence-electron chi connectivity index (χ0n) is 9.33. The molecule has 6 heteroatoms. The Hall–Kier alpha value is -1.71. The van der Waals surface area contributed by atoms with Crippen LogP contribution in [0, 0.1) is 11.3 Å². The average Bonchev–Trinajstić information content (AvgIpc) is 2.99. The van der Waals surface area contributed by atoms with Crippen molar-refractivity contribution in [3.63, 3.8) is 0 Å². The number of thiophene rings is 1. The molecule has 0 amide bonds. The van der Waals surface area contributed by atoms with Crippen molar-refractivity contribution in [3.05, 3.63) is 34.3 Å². The van der Waals surface area contributed by atoms with Crippen LogP contribution in [0.5, 0.6) is 0 Å². The molecule has 88 valence electrons. The monoisotopic (exact) mass is 247 g/mol. The molecule has 0 aliphatic carbocycles. The Morgan fingerprint density at radius 1 is 1.53 bits per heavy atom. The van der Waals surface area contributed by atoms with Crippen LogP contribution in [0.4, 0.5) is 0 Å². The van der Waals surface area contributed by atoms with Crippen LogP contribution in [0.15, 0.2) is 23.8 Å². The van der Waals surface area contributed by atoms with E-state index in [-0.39, 0.29) is 0 Å². The summed E-state index contributed by atoms with van der Waals surface area (Å²) in [5, 5.41) is 21.5. The lowest BCUT2D eigenvalue weighted by molar-refractivity contribution is 0.531. The van der Waals surface area contributed by atoms with Gasteiger partial charge in [-0.2, -0.15) is 5.26 Å². The van der Waals surface area contributed by atoms with Gasteiger partial charge in [0.2, 0.25) is 0 Å². The van der Waals surface area contributed by atoms with E-state index < -0.39 is 0 Å². The Balaban J connectivity index is 1.62. The van der Waals surface area contributed by atoms with Gasteiger partial charge in [-0.05, 0) is 19.0 Å². The number of rotatable bonds is 6. The maximum atomic E-state index is 8.69. The Bertz CT molecular complexity index is 482. The van der Waals surface area contributed by atoms with E-state index in [1.807, 2.05) is 22.3 Å². The molecule has 2 aromatic heterocycles. The Morgan fingerprint density at radius 3 is 3.18 bits per heavy atom. The van der Waals surface area contributed by atoms with Crippen molar-refractivity contribution in [2.45, 2.75) is 19.5 Å². The lowest BCUT2D eigenvalue weighted by Gasteiger charge is -2.02. The van der Waals surface area contributed by atoms with Crippen molar-refractivity contribution in [1.82, 2.24) is 20.3 Å². The summed E-state index contributed by atoms with van der Waals surface area (Å²) in [5.41, 5.74) is 0.745. The molecule has 0 bridgehead atoms. The maximum Gasteiger partial charge on any atom is 0.100 e. The summed E-state index contributed by atoms with van der Waals surface area (Å²) in [4.78, 5) is 1.20. The van der Waals surface area contributed by atoms with Crippen molar-refractivity contribution in [2.24, 2.45) is 0 Å². The molecule has 0 saturated heterocycles. The van der Waals surface area contributed by atoms with Gasteiger partial charge in [0.05, 0.1) is 11.8 Å². The van der Waals surface area contributed by atoms with E-state index in [1.54, 1.807) is 17.5 Å². The Morgan fingerprint density at radius 2 is 2.47 bits per heavy atom. The first-order chi connectivity index (χ1) is 8.38. The van der Waals surface area contributed by atoms with Gasteiger partial charge in [0.15, 0.2) is 0 Å². The molecule has 0 unspecified atom stereocenters. The first-order valence-corrected chi connectivity index (χ1v) is 6.29. The molecule has 2 aromatic rings. The second-order valence-electron chi connectivity index (χ2n) is 3.61. The van der Waals surface area contributed by atoms with Gasteiger partial charge in [-0.3, -0.25) is 4.68 Å². The van der Waals surface area contributed by atoms with E-state index in [0.29, 0.717) is 0 Å². The molecule has 5 nitrogen and oxygen atoms in total. The number of hydrogen-bond acceptors (Lipinski definition) is 5. The van der Waals surface area contributed by atoms with E-state index in [0.717, 1.165) is 31.6 Å². The summed E-state index contributed by atoms with van der Waals surface area (Å²) in [5.74, 6) is 0. The zero-order valence-corrected chi connectivity index (χ0v) is 10.2. The largest absolute Gasteiger partial charge is 0.312 e. The molecule has 2 heterocycles. The molecule has 0 atom stereocenters. The molecule has 0 spiro atoms. The minimum absolute atomic E-state index is 0.745. The summed E-state index contributed by atoms with van der Waals surface area (Å²) in [6.45, 7) is 2.63. The molecule has 1 N–H and O–H groups in total. The summed E-state index contributed by atoms with van der Waals surface area (Å²) >= 11 is 1.62. The van der Waals surface area contributed by atoms with Gasteiger partial charge in [-0.1, -0.05) is 5.21 Å². The van der Waals surface area contributed by atoms with Gasteiger partial charge in [-0.15, -0.1) is 16.4 Å². The molecule has 2 rings (SSSR count). The standard InChI is InChI=1S/C11H13N5S/c12-7-10-6-11(17-9-10)8-13-2-1-4-16-5-3-14-15-16/h3,5-6,9,13H,1-2,4,8H2. The third-order valence-electron chi connectivity index (χ3n) is 2.29. The average molecular weight is 247 g/mol. The van der Waals surface area contributed by atoms with Crippen LogP contribution in [0.1, 0.15) is 16.9 Å². The number of aryl methyl sites for hydroxylation is 1. The van der Waals surface area contributed by atoms with E-state index in [4.69, 9.17) is 5.26 Å². The van der Waals surface area contributed by atoms with Crippen LogP contribution >= 0.6 is 11.3 Å². The molecular formula is C11H13N5S. The van der Waals surface area contributed by atoms with Crippen LogP contribution in [-0.4, -0.2) is 21.5 Å². The fourth-order valence-corrected chi connectivity index (χ4v) is 2.24. The predicted molar refractivity (Wildman–Crippen MR) is 65.4 cm³/mol. The van der Waals surface area contributed by atoms with Crippen LogP contribution in [0.3, 0.4) is 0 Å². The van der Waals surface area contributed by atoms with Gasteiger partial charge in [0.1, 0.15) is 6.07 Å². The molecule has 17 heavy (non-hydrogen) atoms. The second kappa shape index (κ2) is 6.13. The lowest BCUT2D eigenvalue weighted by atomic mass is 10.3. The fourth-order valence-electron chi connectivity index (χ4n) is 1.46. The number of nitrogens with one attached hydrogen (secondary N) is 1. The molecule has 0 aliphatic rings. The van der Waals surface area contributed by atoms with Crippen molar-refractivity contribution >= 4 is 11.3 Å². The van der Waals surface area contributed by atoms with Crippen LogP contribution in [0.25, 0.3) is 0 Å². The quantitative estimate of drug-likeness (QED) is 0.783. The normalized spacial score (nSPS) is 10.3. The SMILES string of the molecule is N#Cc1csc(CNCCCn2ccnn2)c1. The summed E-state index contributed by atoms with van der Waals surface area (Å²) in [6.07, 6.45) is 4.56. The van der Waals surface area contributed by atoms with Crippen molar-refractivity contribution < 1.29 is 0 Å². The van der Waals surface area contributed by atoms with Crippen LogP contribution in [0.2, 0.25) is 0 Å². The molecule has 0 radical (unpaired) electrons. The maximum absolute atomic E-state index is 8.69. The topological polar surface area (TPSA) is 66.5 Å². The Kier molecular flexibility index (Phi) is 4.24. The highest BCUT2D eigenvalue weighted by Crippen LogP contribution is 2.13. The zero-order chi connectivity index (χ0) is 11.9. The van der Waals surface area contributed by atoms with E-state index in [2.05, 4.69) is 21.7 Å². The van der Waals surface area contributed by atoms with Crippen molar-refractivity contribution in [1.29, 1.82) is 5.26 Å². The third-order valence-corrected chi connectivity index (χ3v) is 3.23. The fraction of sp³-hybridized carbons (Fsp3) is 0.364. The highest BCUT2D eigenvalue weighted by atomic mass is 32.1. The van der Waals surface area contributed by atoms with Gasteiger partial charge < -0.3 is 5.32 Å². The lowest BCUT2D eigenvalue weighted by Crippen LogP contribution is -2.16. The van der Waals surface area contributed by atoms with Gasteiger partial charge in [0.25, 0.3) is 0 Å². The first kappa shape index (κ1) is 11.8. The van der Waals surface area contributed by atoms with Gasteiger partial charge in [0, 0.05) is 29.5 Å². The highest BCUT2D eigenvalue weighted by Gasteiger charge is 1.98. The van der Waals surface area contributed by atoms with E-state index >= 15 is 0 Å². The van der Waals surface area contributed by atoms with Crippen LogP contribution < -0.4 is 5.32 Å². The number of aromatic nitrogens is 3. The summed E-state index contributed by atoms with van der Waals surface area (Å²) < 4.78 is 1.82. The summed E-state index contributed by atoms with van der Waals surface area (Å²) in [7, 11) is 0. The van der Waals surface area contributed by atoms with Crippen molar-refractivity contribution in [2.75, 3.05) is 6.54 Å². The molecule has 0 aliphatic heterocycles. The molecule has 0 fully saturated rings. The van der Waals surface area contributed by atoms with Crippen molar-refractivity contribution in [3.8, 4) is 6.07 Å². The molecule has 0 aromatic carbocycles. The van der Waals surface area contributed by atoms with E-state index in [9.17, 15) is 0 Å². The minimum Gasteiger partial charge on any atom is -0.312 e. The first-order valence-electron chi connectivity index (χ1n) is 5.41. The number of nitrogens with zero attached hydrogens (tertiary/aromatic N) is 4. The minimum atomic E-state index is 0.745.